The van der Waals surface area contributed by atoms with Crippen LogP contribution in [0.3, 0.4) is 0 Å². The van der Waals surface area contributed by atoms with Gasteiger partial charge in [-0.2, -0.15) is 9.64 Å². The van der Waals surface area contributed by atoms with E-state index in [9.17, 15) is 0 Å². The summed E-state index contributed by atoms with van der Waals surface area (Å²) in [4.78, 5) is 4.41. The zero-order valence-corrected chi connectivity index (χ0v) is 10.3. The Morgan fingerprint density at radius 3 is 2.93 bits per heavy atom. The second-order valence-corrected chi connectivity index (χ2v) is 5.93. The van der Waals surface area contributed by atoms with Crippen LogP contribution >= 0.6 is 23.3 Å². The highest BCUT2D eigenvalue weighted by Gasteiger charge is 2.42. The molecule has 0 bridgehead atoms. The van der Waals surface area contributed by atoms with Gasteiger partial charge < -0.3 is 0 Å². The molecule has 0 N–H and O–H groups in total. The third kappa shape index (κ3) is 2.70. The Kier molecular flexibility index (Phi) is 3.27. The van der Waals surface area contributed by atoms with E-state index >= 15 is 0 Å². The van der Waals surface area contributed by atoms with Crippen LogP contribution in [-0.4, -0.2) is 15.1 Å². The maximum atomic E-state index is 8.70. The zero-order valence-electron chi connectivity index (χ0n) is 8.69. The third-order valence-electron chi connectivity index (χ3n) is 2.68. The first-order chi connectivity index (χ1) is 7.28. The van der Waals surface area contributed by atoms with Gasteiger partial charge in [-0.15, -0.1) is 0 Å². The molecule has 0 amide bonds. The normalized spacial score (nSPS) is 17.3. The highest BCUT2D eigenvalue weighted by Crippen LogP contribution is 2.51. The van der Waals surface area contributed by atoms with Gasteiger partial charge in [0.15, 0.2) is 4.34 Å². The number of hydrogen-bond acceptors (Lipinski definition) is 5. The van der Waals surface area contributed by atoms with Crippen molar-refractivity contribution in [3.63, 3.8) is 0 Å². The monoisotopic (exact) mass is 239 g/mol. The molecular formula is C10H13N3S2. The Morgan fingerprint density at radius 2 is 2.40 bits per heavy atom. The average molecular weight is 239 g/mol. The lowest BCUT2D eigenvalue weighted by Gasteiger charge is -2.07. The molecule has 0 atom stereocenters. The van der Waals surface area contributed by atoms with Crippen LogP contribution in [0.25, 0.3) is 0 Å². The van der Waals surface area contributed by atoms with Crippen molar-refractivity contribution in [3.05, 3.63) is 5.82 Å². The molecule has 2 rings (SSSR count). The molecule has 1 aromatic heterocycles. The number of hydrogen-bond donors (Lipinski definition) is 0. The maximum absolute atomic E-state index is 8.70. The van der Waals surface area contributed by atoms with Crippen molar-refractivity contribution in [2.45, 2.75) is 36.9 Å². The van der Waals surface area contributed by atoms with Crippen molar-refractivity contribution in [1.29, 1.82) is 5.26 Å². The number of aryl methyl sites for hydroxylation is 1. The average Bonchev–Trinajstić information content (AvgIpc) is 2.86. The van der Waals surface area contributed by atoms with E-state index < -0.39 is 0 Å². The summed E-state index contributed by atoms with van der Waals surface area (Å²) in [6.45, 7) is 2.06. The summed E-state index contributed by atoms with van der Waals surface area (Å²) >= 11 is 3.24. The first-order valence-electron chi connectivity index (χ1n) is 5.10. The molecule has 3 nitrogen and oxygen atoms in total. The molecule has 1 fully saturated rings. The summed E-state index contributed by atoms with van der Waals surface area (Å²) in [6, 6.07) is 2.28. The number of nitrogens with zero attached hydrogens (tertiary/aromatic N) is 3. The summed E-state index contributed by atoms with van der Waals surface area (Å²) in [5, 5.41) is 8.70. The predicted octanol–water partition coefficient (Wildman–Crippen LogP) is 2.89. The molecule has 5 heteroatoms. The molecule has 0 spiro atoms. The van der Waals surface area contributed by atoms with Gasteiger partial charge in [-0.25, -0.2) is 4.98 Å². The van der Waals surface area contributed by atoms with Crippen molar-refractivity contribution >= 4 is 23.3 Å². The summed E-state index contributed by atoms with van der Waals surface area (Å²) < 4.78 is 5.30. The second-order valence-electron chi connectivity index (χ2n) is 3.95. The van der Waals surface area contributed by atoms with E-state index in [2.05, 4.69) is 22.4 Å². The molecule has 0 aliphatic heterocycles. The van der Waals surface area contributed by atoms with Crippen molar-refractivity contribution in [2.24, 2.45) is 5.41 Å². The number of thioether (sulfide) groups is 1. The lowest BCUT2D eigenvalue weighted by Crippen LogP contribution is -2.02. The highest BCUT2D eigenvalue weighted by atomic mass is 32.2. The van der Waals surface area contributed by atoms with Crippen molar-refractivity contribution in [3.8, 4) is 6.07 Å². The Bertz CT molecular complexity index is 376. The minimum atomic E-state index is 0.303. The SMILES string of the molecule is CCc1nsc(SCC2(CC#N)CC2)n1. The first kappa shape index (κ1) is 10.9. The summed E-state index contributed by atoms with van der Waals surface area (Å²) in [5.74, 6) is 1.96. The third-order valence-corrected chi connectivity index (χ3v) is 4.90. The second kappa shape index (κ2) is 4.50. The maximum Gasteiger partial charge on any atom is 0.170 e. The van der Waals surface area contributed by atoms with Gasteiger partial charge in [0.1, 0.15) is 5.82 Å². The van der Waals surface area contributed by atoms with Crippen LogP contribution in [0, 0.1) is 16.7 Å². The van der Waals surface area contributed by atoms with Crippen LogP contribution in [-0.2, 0) is 6.42 Å². The van der Waals surface area contributed by atoms with Gasteiger partial charge in [0.25, 0.3) is 0 Å². The minimum absolute atomic E-state index is 0.303. The Hall–Kier alpha value is -0.600. The molecule has 0 aromatic carbocycles. The Labute approximate surface area is 98.1 Å². The summed E-state index contributed by atoms with van der Waals surface area (Å²) in [5.41, 5.74) is 0.303. The minimum Gasteiger partial charge on any atom is -0.213 e. The molecule has 1 aliphatic carbocycles. The first-order valence-corrected chi connectivity index (χ1v) is 6.86. The predicted molar refractivity (Wildman–Crippen MR) is 61.9 cm³/mol. The molecule has 15 heavy (non-hydrogen) atoms. The van der Waals surface area contributed by atoms with Crippen LogP contribution in [0.15, 0.2) is 4.34 Å². The standard InChI is InChI=1S/C10H13N3S2/c1-2-8-12-9(15-13-8)14-7-10(3-4-10)5-6-11/h2-5,7H2,1H3. The summed E-state index contributed by atoms with van der Waals surface area (Å²) in [7, 11) is 0. The van der Waals surface area contributed by atoms with Crippen molar-refractivity contribution < 1.29 is 0 Å². The number of aromatic nitrogens is 2. The van der Waals surface area contributed by atoms with E-state index in [4.69, 9.17) is 5.26 Å². The lowest BCUT2D eigenvalue weighted by atomic mass is 10.1. The summed E-state index contributed by atoms with van der Waals surface area (Å²) in [6.07, 6.45) is 4.00. The highest BCUT2D eigenvalue weighted by molar-refractivity contribution is 8.00. The van der Waals surface area contributed by atoms with Gasteiger partial charge in [0, 0.05) is 18.6 Å². The van der Waals surface area contributed by atoms with Crippen LogP contribution in [0.2, 0.25) is 0 Å². The fourth-order valence-corrected chi connectivity index (χ4v) is 3.36. The molecule has 0 saturated heterocycles. The van der Waals surface area contributed by atoms with E-state index in [1.807, 2.05) is 0 Å². The molecule has 1 aromatic rings. The molecule has 1 heterocycles. The van der Waals surface area contributed by atoms with E-state index in [-0.39, 0.29) is 0 Å². The molecular weight excluding hydrogens is 226 g/mol. The lowest BCUT2D eigenvalue weighted by molar-refractivity contribution is 0.604. The molecule has 1 saturated carbocycles. The van der Waals surface area contributed by atoms with Gasteiger partial charge in [-0.3, -0.25) is 0 Å². The van der Waals surface area contributed by atoms with Gasteiger partial charge in [-0.05, 0) is 29.8 Å². The molecule has 80 valence electrons. The van der Waals surface area contributed by atoms with Crippen LogP contribution in [0.4, 0.5) is 0 Å². The molecule has 1 aliphatic rings. The van der Waals surface area contributed by atoms with Gasteiger partial charge in [-0.1, -0.05) is 18.7 Å². The topological polar surface area (TPSA) is 49.6 Å². The van der Waals surface area contributed by atoms with Crippen LogP contribution < -0.4 is 0 Å². The van der Waals surface area contributed by atoms with Gasteiger partial charge >= 0.3 is 0 Å². The molecule has 0 radical (unpaired) electrons. The smallest absolute Gasteiger partial charge is 0.170 e. The molecule has 0 unspecified atom stereocenters. The van der Waals surface area contributed by atoms with E-state index in [0.717, 1.165) is 22.3 Å². The number of nitriles is 1. The van der Waals surface area contributed by atoms with Crippen LogP contribution in [0.1, 0.15) is 32.0 Å². The van der Waals surface area contributed by atoms with E-state index in [1.54, 1.807) is 11.8 Å². The Balaban J connectivity index is 1.85. The van der Waals surface area contributed by atoms with Crippen molar-refractivity contribution in [1.82, 2.24) is 9.36 Å². The van der Waals surface area contributed by atoms with Gasteiger partial charge in [0.05, 0.1) is 6.07 Å². The fourth-order valence-electron chi connectivity index (χ4n) is 1.37. The van der Waals surface area contributed by atoms with E-state index in [0.29, 0.717) is 11.8 Å². The van der Waals surface area contributed by atoms with Crippen LogP contribution in [0.5, 0.6) is 0 Å². The zero-order chi connectivity index (χ0) is 10.7. The number of rotatable bonds is 5. The largest absolute Gasteiger partial charge is 0.213 e. The fraction of sp³-hybridized carbons (Fsp3) is 0.700. The quantitative estimate of drug-likeness (QED) is 0.741. The Morgan fingerprint density at radius 1 is 1.60 bits per heavy atom. The van der Waals surface area contributed by atoms with Crippen molar-refractivity contribution in [2.75, 3.05) is 5.75 Å². The van der Waals surface area contributed by atoms with Gasteiger partial charge in [0.2, 0.25) is 0 Å². The van der Waals surface area contributed by atoms with E-state index in [1.165, 1.54) is 24.4 Å².